The first-order valence-electron chi connectivity index (χ1n) is 16.9. The van der Waals surface area contributed by atoms with Crippen molar-refractivity contribution in [2.45, 2.75) is 14.4 Å². The molecule has 0 bridgehead atoms. The second kappa shape index (κ2) is 32.6. The molecule has 0 fully saturated rings. The summed E-state index contributed by atoms with van der Waals surface area (Å²) in [7, 11) is 4.75. The Morgan fingerprint density at radius 3 is 1.81 bits per heavy atom. The van der Waals surface area contributed by atoms with Crippen LogP contribution in [0.5, 0.6) is 17.6 Å². The quantitative estimate of drug-likeness (QED) is 0.0480. The van der Waals surface area contributed by atoms with E-state index in [1.165, 1.54) is 64.5 Å². The van der Waals surface area contributed by atoms with Crippen molar-refractivity contribution in [3.8, 4) is 34.3 Å². The van der Waals surface area contributed by atoms with Crippen molar-refractivity contribution < 1.29 is 89.1 Å². The van der Waals surface area contributed by atoms with Crippen molar-refractivity contribution in [1.29, 1.82) is 5.26 Å². The van der Waals surface area contributed by atoms with Crippen LogP contribution in [0.2, 0.25) is 0 Å². The number of carboxylic acids is 1. The van der Waals surface area contributed by atoms with Crippen molar-refractivity contribution in [2.75, 3.05) is 38.1 Å². The van der Waals surface area contributed by atoms with Crippen LogP contribution in [0.4, 0.5) is 19.6 Å². The molecule has 0 aliphatic carbocycles. The maximum absolute atomic E-state index is 13.0. The van der Waals surface area contributed by atoms with Gasteiger partial charge in [-0.1, -0.05) is 51.4 Å². The zero-order valence-corrected chi connectivity index (χ0v) is 44.2. The number of carbonyl (C=O) groups excluding carboxylic acids is 1. The first-order valence-corrected chi connectivity index (χ1v) is 23.7. The fraction of sp³-hybridized carbons (Fsp3) is 0.150. The smallest absolute Gasteiger partial charge is 0.696 e. The number of methoxy groups -OCH3 is 3. The molecule has 15 nitrogen and oxygen atoms in total. The largest absolute Gasteiger partial charge is 1.00 e. The standard InChI is InChI=1S/C15H10FN3OS.C8H6BrFO.C7H7N3OS.C6H8N2O.C2H4O2.CHNS.CH4.Br2.K/c1-20-13-7-6-12-14(18-13)21-15-17-11(8-19(12)15)9-2-4-10(16)5-3-9;9-5-8(11)6-1-3-7(10)4-2-6;1-11-5-3-2-4-6(10-5)12-7(8)9-4;1-9-6-3-2-5(7)4-8-6;1-2(3)4;2-1-3;;1-2;/h2-8H,1H3;1-4H,5H2;2-3H,1H3,(H2,8,9);2-4H,7H2,1H3;1H3,(H,3,4);3H;1H4;;/q;;;;;;;;+1/p-1. The monoisotopic (exact) mass is 1150 g/mol. The van der Waals surface area contributed by atoms with Gasteiger partial charge in [-0.2, -0.15) is 0 Å². The van der Waals surface area contributed by atoms with Crippen LogP contribution in [0.3, 0.4) is 0 Å². The van der Waals surface area contributed by atoms with Gasteiger partial charge in [0.2, 0.25) is 17.6 Å². The number of nitriles is 1. The van der Waals surface area contributed by atoms with Gasteiger partial charge in [0.25, 0.3) is 5.97 Å². The number of ketones is 1. The molecule has 0 spiro atoms. The van der Waals surface area contributed by atoms with Gasteiger partial charge in [-0.25, -0.2) is 39.0 Å². The fourth-order valence-corrected chi connectivity index (χ4v) is 6.39. The summed E-state index contributed by atoms with van der Waals surface area (Å²) in [5.41, 5.74) is 15.6. The molecule has 0 amide bonds. The number of alkyl halides is 1. The summed E-state index contributed by atoms with van der Waals surface area (Å²) < 4.78 is 42.2. The SMILES string of the molecule is BrBr.C.CC(=O)O.COc1ccc(N)cn1.COc1ccc2c(n1)sc1nc(-c3ccc(F)cc3)cn12.COc1ccc2nc(N)sc2n1.N#C[S-].O=C(CBr)c1ccc(F)cc1.[K+]. The van der Waals surface area contributed by atoms with E-state index in [-0.39, 0.29) is 81.6 Å². The molecule has 334 valence electrons. The van der Waals surface area contributed by atoms with Gasteiger partial charge < -0.3 is 43.4 Å². The number of halogens is 5. The van der Waals surface area contributed by atoms with E-state index in [4.69, 9.17) is 40.8 Å². The van der Waals surface area contributed by atoms with E-state index in [1.807, 2.05) is 28.8 Å². The first kappa shape index (κ1) is 60.0. The Kier molecular flexibility index (Phi) is 30.6. The molecule has 64 heavy (non-hydrogen) atoms. The molecule has 0 saturated carbocycles. The van der Waals surface area contributed by atoms with E-state index in [0.29, 0.717) is 34.0 Å². The Morgan fingerprint density at radius 2 is 1.31 bits per heavy atom. The summed E-state index contributed by atoms with van der Waals surface area (Å²) in [5, 5.41) is 16.7. The Morgan fingerprint density at radius 1 is 0.812 bits per heavy atom. The van der Waals surface area contributed by atoms with E-state index in [1.54, 1.807) is 57.9 Å². The third kappa shape index (κ3) is 20.4. The van der Waals surface area contributed by atoms with E-state index in [0.717, 1.165) is 43.8 Å². The number of aliphatic carboxylic acids is 1. The Balaban J connectivity index is 0.000000805. The van der Waals surface area contributed by atoms with Crippen LogP contribution in [-0.4, -0.2) is 72.8 Å². The zero-order chi connectivity index (χ0) is 46.2. The number of imidazole rings is 1. The fourth-order valence-electron chi connectivity index (χ4n) is 4.40. The average molecular weight is 1150 g/mol. The zero-order valence-electron chi connectivity index (χ0n) is 33.8. The molecule has 0 aliphatic rings. The summed E-state index contributed by atoms with van der Waals surface area (Å²) in [6.45, 7) is 1.08. The van der Waals surface area contributed by atoms with Gasteiger partial charge in [-0.3, -0.25) is 14.0 Å². The minimum Gasteiger partial charge on any atom is -0.696 e. The van der Waals surface area contributed by atoms with Crippen LogP contribution in [0.25, 0.3) is 36.9 Å². The molecule has 24 heteroatoms. The van der Waals surface area contributed by atoms with Crippen LogP contribution in [-0.2, 0) is 17.4 Å². The third-order valence-corrected chi connectivity index (χ3v) is 9.26. The van der Waals surface area contributed by atoms with Crippen molar-refractivity contribution >= 4 is 128 Å². The van der Waals surface area contributed by atoms with Crippen molar-refractivity contribution in [3.63, 3.8) is 0 Å². The van der Waals surface area contributed by atoms with E-state index < -0.39 is 5.97 Å². The van der Waals surface area contributed by atoms with Gasteiger partial charge in [-0.05, 0) is 66.7 Å². The van der Waals surface area contributed by atoms with Crippen LogP contribution in [0.1, 0.15) is 24.7 Å². The van der Waals surface area contributed by atoms with Gasteiger partial charge >= 0.3 is 51.4 Å². The average Bonchev–Trinajstić information content (AvgIpc) is 3.97. The number of fused-ring (bicyclic) bond motifs is 4. The van der Waals surface area contributed by atoms with Gasteiger partial charge in [0, 0.05) is 70.7 Å². The van der Waals surface area contributed by atoms with Crippen LogP contribution >= 0.6 is 66.9 Å². The van der Waals surface area contributed by atoms with Gasteiger partial charge in [0.05, 0.1) is 49.8 Å². The summed E-state index contributed by atoms with van der Waals surface area (Å²) in [5.74, 6) is 0.323. The molecular formula is C40H39Br3F2KN9O6S3. The Hall–Kier alpha value is -4.00. The maximum atomic E-state index is 13.0. The molecule has 6 heterocycles. The van der Waals surface area contributed by atoms with Crippen molar-refractivity contribution in [2.24, 2.45) is 0 Å². The number of anilines is 2. The van der Waals surface area contributed by atoms with Crippen molar-refractivity contribution in [3.05, 3.63) is 115 Å². The number of carbonyl (C=O) groups is 2. The number of benzene rings is 2. The second-order valence-corrected chi connectivity index (χ2v) is 13.8. The number of Topliss-reactive ketones (excluding diaryl/α,β-unsaturated/α-hetero) is 1. The van der Waals surface area contributed by atoms with E-state index in [9.17, 15) is 13.6 Å². The molecule has 5 N–H and O–H groups in total. The van der Waals surface area contributed by atoms with E-state index in [2.05, 4.69) is 81.7 Å². The van der Waals surface area contributed by atoms with Crippen LogP contribution < -0.4 is 77.1 Å². The summed E-state index contributed by atoms with van der Waals surface area (Å²) in [6, 6.07) is 22.7. The number of nitrogen functional groups attached to an aromatic ring is 2. The molecule has 0 aliphatic heterocycles. The molecule has 8 rings (SSSR count). The van der Waals surface area contributed by atoms with Crippen molar-refractivity contribution in [1.82, 2.24) is 29.3 Å². The minimum absolute atomic E-state index is 0. The van der Waals surface area contributed by atoms with Gasteiger partial charge in [0.1, 0.15) is 26.8 Å². The number of aromatic nitrogens is 6. The number of nitrogens with two attached hydrogens (primary N) is 2. The number of pyridine rings is 3. The molecule has 2 aromatic carbocycles. The molecule has 6 aromatic heterocycles. The number of hydrogen-bond donors (Lipinski definition) is 3. The second-order valence-electron chi connectivity index (χ2n) is 11.1. The number of ether oxygens (including phenoxy) is 3. The predicted molar refractivity (Wildman–Crippen MR) is 259 cm³/mol. The molecule has 0 saturated heterocycles. The topological polar surface area (TPSA) is 227 Å². The summed E-state index contributed by atoms with van der Waals surface area (Å²) in [4.78, 5) is 43.6. The molecule has 0 atom stereocenters. The maximum Gasteiger partial charge on any atom is 1.00 e. The number of carboxylic acid groups (broad SMARTS) is 1. The number of thiocyanates is 1. The molecule has 0 radical (unpaired) electrons. The first-order chi connectivity index (χ1) is 29.7. The summed E-state index contributed by atoms with van der Waals surface area (Å²) in [6.07, 6.45) is 3.49. The van der Waals surface area contributed by atoms with Gasteiger partial charge in [0.15, 0.2) is 15.9 Å². The number of rotatable bonds is 6. The molecule has 8 aromatic rings. The van der Waals surface area contributed by atoms with Crippen LogP contribution in [0.15, 0.2) is 97.3 Å². The normalized spacial score (nSPS) is 9.19. The Bertz CT molecular complexity index is 2650. The number of hydrogen-bond acceptors (Lipinski definition) is 16. The molecular weight excluding hydrogens is 1120 g/mol. The summed E-state index contributed by atoms with van der Waals surface area (Å²) >= 11 is 15.1. The third-order valence-electron chi connectivity index (χ3n) is 7.00. The minimum atomic E-state index is -0.833. The van der Waals surface area contributed by atoms with Crippen LogP contribution in [0, 0.1) is 22.3 Å². The molecule has 0 unspecified atom stereocenters. The predicted octanol–water partition coefficient (Wildman–Crippen LogP) is 7.55. The van der Waals surface area contributed by atoms with E-state index >= 15 is 0 Å². The number of nitrogens with zero attached hydrogens (tertiary/aromatic N) is 7. The number of thiazole rings is 2. The Labute approximate surface area is 447 Å². The van der Waals surface area contributed by atoms with Gasteiger partial charge in [-0.15, -0.1) is 0 Å².